The zero-order valence-corrected chi connectivity index (χ0v) is 10.4. The molecule has 0 saturated heterocycles. The van der Waals surface area contributed by atoms with Crippen molar-refractivity contribution in [3.05, 3.63) is 16.7 Å². The van der Waals surface area contributed by atoms with E-state index in [1.807, 2.05) is 0 Å². The molecule has 96 valence electrons. The number of nitrogens with one attached hydrogen (secondary N) is 1. The van der Waals surface area contributed by atoms with E-state index in [4.69, 9.17) is 14.2 Å². The second-order valence-electron chi connectivity index (χ2n) is 3.89. The number of aromatic nitrogens is 2. The van der Waals surface area contributed by atoms with Gasteiger partial charge in [0.25, 0.3) is 11.4 Å². The van der Waals surface area contributed by atoms with Crippen LogP contribution in [-0.4, -0.2) is 36.9 Å². The molecule has 1 heterocycles. The van der Waals surface area contributed by atoms with E-state index in [0.29, 0.717) is 25.7 Å². The highest BCUT2D eigenvalue weighted by Gasteiger charge is 2.09. The van der Waals surface area contributed by atoms with E-state index >= 15 is 0 Å². The minimum Gasteiger partial charge on any atom is -0.487 e. The molecule has 1 aromatic heterocycles. The molecule has 0 radical (unpaired) electrons. The summed E-state index contributed by atoms with van der Waals surface area (Å²) < 4.78 is 15.5. The van der Waals surface area contributed by atoms with Crippen molar-refractivity contribution in [2.45, 2.75) is 13.8 Å². The quantitative estimate of drug-likeness (QED) is 0.717. The fourth-order valence-electron chi connectivity index (χ4n) is 1.17. The highest BCUT2D eigenvalue weighted by molar-refractivity contribution is 5.29. The summed E-state index contributed by atoms with van der Waals surface area (Å²) in [5.74, 6) is 0.753. The molecular formula is C11H18N2O4. The lowest BCUT2D eigenvalue weighted by atomic mass is 10.2. The second kappa shape index (κ2) is 6.90. The summed E-state index contributed by atoms with van der Waals surface area (Å²) >= 11 is 0. The lowest BCUT2D eigenvalue weighted by Gasteiger charge is -2.09. The van der Waals surface area contributed by atoms with Crippen LogP contribution in [0.2, 0.25) is 0 Å². The monoisotopic (exact) mass is 242 g/mol. The molecule has 0 aliphatic heterocycles. The van der Waals surface area contributed by atoms with Crippen molar-refractivity contribution in [3.8, 4) is 11.6 Å². The van der Waals surface area contributed by atoms with E-state index in [9.17, 15) is 4.79 Å². The van der Waals surface area contributed by atoms with Crippen LogP contribution in [-0.2, 0) is 4.74 Å². The topological polar surface area (TPSA) is 73.4 Å². The molecule has 6 heteroatoms. The Bertz CT molecular complexity index is 389. The van der Waals surface area contributed by atoms with Gasteiger partial charge in [-0.2, -0.15) is 0 Å². The van der Waals surface area contributed by atoms with E-state index in [0.717, 1.165) is 0 Å². The smallest absolute Gasteiger partial charge is 0.297 e. The van der Waals surface area contributed by atoms with Crippen LogP contribution in [0.4, 0.5) is 0 Å². The molecule has 6 nitrogen and oxygen atoms in total. The van der Waals surface area contributed by atoms with E-state index < -0.39 is 0 Å². The first kappa shape index (κ1) is 13.5. The Morgan fingerprint density at radius 2 is 2.18 bits per heavy atom. The first-order valence-corrected chi connectivity index (χ1v) is 5.47. The Morgan fingerprint density at radius 1 is 1.41 bits per heavy atom. The molecule has 0 spiro atoms. The van der Waals surface area contributed by atoms with Gasteiger partial charge in [0.15, 0.2) is 0 Å². The maximum atomic E-state index is 11.3. The number of ether oxygens (including phenoxy) is 3. The van der Waals surface area contributed by atoms with Crippen LogP contribution < -0.4 is 15.0 Å². The third-order valence-electron chi connectivity index (χ3n) is 1.90. The molecule has 0 aromatic carbocycles. The number of rotatable bonds is 7. The molecule has 1 rings (SSSR count). The number of hydrogen-bond acceptors (Lipinski definition) is 5. The molecule has 17 heavy (non-hydrogen) atoms. The van der Waals surface area contributed by atoms with Gasteiger partial charge in [0.05, 0.1) is 20.0 Å². The van der Waals surface area contributed by atoms with Gasteiger partial charge in [-0.15, -0.1) is 0 Å². The predicted octanol–water partition coefficient (Wildman–Crippen LogP) is 0.830. The van der Waals surface area contributed by atoms with E-state index in [1.165, 1.54) is 13.4 Å². The van der Waals surface area contributed by atoms with Gasteiger partial charge in [-0.1, -0.05) is 13.8 Å². The van der Waals surface area contributed by atoms with Crippen molar-refractivity contribution in [1.82, 2.24) is 9.97 Å². The van der Waals surface area contributed by atoms with Gasteiger partial charge in [0, 0.05) is 6.61 Å². The predicted molar refractivity (Wildman–Crippen MR) is 62.6 cm³/mol. The van der Waals surface area contributed by atoms with Crippen LogP contribution in [0.25, 0.3) is 0 Å². The maximum absolute atomic E-state index is 11.3. The maximum Gasteiger partial charge on any atom is 0.297 e. The molecule has 0 amide bonds. The lowest BCUT2D eigenvalue weighted by Crippen LogP contribution is -2.15. The van der Waals surface area contributed by atoms with Crippen molar-refractivity contribution >= 4 is 0 Å². The first-order chi connectivity index (χ1) is 8.15. The molecule has 1 N–H and O–H groups in total. The average molecular weight is 242 g/mol. The fraction of sp³-hybridized carbons (Fsp3) is 0.636. The number of nitrogens with zero attached hydrogens (tertiary/aromatic N) is 1. The molecule has 0 unspecified atom stereocenters. The third kappa shape index (κ3) is 4.44. The molecule has 1 aromatic rings. The molecular weight excluding hydrogens is 224 g/mol. The number of hydrogen-bond donors (Lipinski definition) is 1. The summed E-state index contributed by atoms with van der Waals surface area (Å²) in [5.41, 5.74) is -0.361. The van der Waals surface area contributed by atoms with Crippen LogP contribution in [0.5, 0.6) is 11.6 Å². The third-order valence-corrected chi connectivity index (χ3v) is 1.90. The van der Waals surface area contributed by atoms with E-state index in [1.54, 1.807) is 0 Å². The summed E-state index contributed by atoms with van der Waals surface area (Å²) in [4.78, 5) is 17.6. The van der Waals surface area contributed by atoms with Gasteiger partial charge >= 0.3 is 0 Å². The van der Waals surface area contributed by atoms with Gasteiger partial charge in [-0.05, 0) is 5.92 Å². The Morgan fingerprint density at radius 3 is 2.82 bits per heavy atom. The minimum atomic E-state index is -0.361. The van der Waals surface area contributed by atoms with Gasteiger partial charge in [0.2, 0.25) is 5.75 Å². The largest absolute Gasteiger partial charge is 0.487 e. The van der Waals surface area contributed by atoms with Crippen molar-refractivity contribution in [3.63, 3.8) is 0 Å². The first-order valence-electron chi connectivity index (χ1n) is 5.47. The highest BCUT2D eigenvalue weighted by Crippen LogP contribution is 2.16. The van der Waals surface area contributed by atoms with Crippen LogP contribution in [0.1, 0.15) is 13.8 Å². The van der Waals surface area contributed by atoms with Gasteiger partial charge in [-0.3, -0.25) is 4.79 Å². The SMILES string of the molecule is COc1c(OCCOCC(C)C)nc[nH]c1=O. The number of methoxy groups -OCH3 is 1. The number of aromatic amines is 1. The Kier molecular flexibility index (Phi) is 5.48. The van der Waals surface area contributed by atoms with Crippen LogP contribution in [0.3, 0.4) is 0 Å². The summed E-state index contributed by atoms with van der Waals surface area (Å²) in [6.07, 6.45) is 1.27. The van der Waals surface area contributed by atoms with Crippen molar-refractivity contribution in [1.29, 1.82) is 0 Å². The van der Waals surface area contributed by atoms with Crippen molar-refractivity contribution < 1.29 is 14.2 Å². The zero-order valence-electron chi connectivity index (χ0n) is 10.4. The standard InChI is InChI=1S/C11H18N2O4/c1-8(2)6-16-4-5-17-11-9(15-3)10(14)12-7-13-11/h7-8H,4-6H2,1-3H3,(H,12,13,14). The normalized spacial score (nSPS) is 10.6. The summed E-state index contributed by atoms with van der Waals surface area (Å²) in [5, 5.41) is 0. The number of H-pyrrole nitrogens is 1. The van der Waals surface area contributed by atoms with E-state index in [2.05, 4.69) is 23.8 Å². The molecule has 0 saturated carbocycles. The summed E-state index contributed by atoms with van der Waals surface area (Å²) in [7, 11) is 1.40. The Labute approximate surface area is 99.9 Å². The van der Waals surface area contributed by atoms with Gasteiger partial charge in [-0.25, -0.2) is 4.98 Å². The van der Waals surface area contributed by atoms with Crippen molar-refractivity contribution in [2.75, 3.05) is 26.9 Å². The van der Waals surface area contributed by atoms with Crippen LogP contribution >= 0.6 is 0 Å². The average Bonchev–Trinajstić information content (AvgIpc) is 2.28. The zero-order chi connectivity index (χ0) is 12.7. The minimum absolute atomic E-state index is 0.0800. The Balaban J connectivity index is 2.41. The second-order valence-corrected chi connectivity index (χ2v) is 3.89. The van der Waals surface area contributed by atoms with Gasteiger partial charge < -0.3 is 19.2 Å². The fourth-order valence-corrected chi connectivity index (χ4v) is 1.17. The Hall–Kier alpha value is -1.56. The van der Waals surface area contributed by atoms with Crippen molar-refractivity contribution in [2.24, 2.45) is 5.92 Å². The molecule has 0 aliphatic rings. The highest BCUT2D eigenvalue weighted by atomic mass is 16.5. The molecule has 0 atom stereocenters. The summed E-state index contributed by atoms with van der Waals surface area (Å²) in [6, 6.07) is 0. The molecule has 0 bridgehead atoms. The van der Waals surface area contributed by atoms with Gasteiger partial charge in [0.1, 0.15) is 6.61 Å². The summed E-state index contributed by atoms with van der Waals surface area (Å²) in [6.45, 7) is 5.61. The van der Waals surface area contributed by atoms with Crippen LogP contribution in [0.15, 0.2) is 11.1 Å². The molecule has 0 aliphatic carbocycles. The molecule has 0 fully saturated rings. The van der Waals surface area contributed by atoms with E-state index in [-0.39, 0.29) is 17.2 Å². The lowest BCUT2D eigenvalue weighted by molar-refractivity contribution is 0.0795. The van der Waals surface area contributed by atoms with Crippen LogP contribution in [0, 0.1) is 5.92 Å².